The Balaban J connectivity index is 0.00000256. The number of furan rings is 1. The van der Waals surface area contributed by atoms with Crippen LogP contribution in [-0.2, 0) is 6.54 Å². The van der Waals surface area contributed by atoms with Gasteiger partial charge >= 0.3 is 0 Å². The topological polar surface area (TPSA) is 59.5 Å². The van der Waals surface area contributed by atoms with Gasteiger partial charge in [-0.05, 0) is 19.4 Å². The summed E-state index contributed by atoms with van der Waals surface area (Å²) >= 11 is 0. The lowest BCUT2D eigenvalue weighted by molar-refractivity contribution is 0.0761. The molecular formula is C12H21ClN2O2. The van der Waals surface area contributed by atoms with Gasteiger partial charge in [-0.15, -0.1) is 12.4 Å². The van der Waals surface area contributed by atoms with Crippen LogP contribution in [0.4, 0.5) is 0 Å². The molecule has 0 atom stereocenters. The molecule has 1 rings (SSSR count). The van der Waals surface area contributed by atoms with Crippen LogP contribution in [0.3, 0.4) is 0 Å². The van der Waals surface area contributed by atoms with Gasteiger partial charge in [0.2, 0.25) is 0 Å². The molecule has 98 valence electrons. The van der Waals surface area contributed by atoms with E-state index in [4.69, 9.17) is 10.2 Å². The maximum absolute atomic E-state index is 12.0. The van der Waals surface area contributed by atoms with Crippen LogP contribution in [0.15, 0.2) is 16.7 Å². The molecule has 1 aromatic rings. The first-order valence-corrected chi connectivity index (χ1v) is 5.79. The number of unbranched alkanes of at least 4 members (excludes halogenated alkanes) is 1. The summed E-state index contributed by atoms with van der Waals surface area (Å²) in [5.41, 5.74) is 6.03. The number of nitrogens with zero attached hydrogens (tertiary/aromatic N) is 1. The van der Waals surface area contributed by atoms with E-state index in [1.807, 2.05) is 11.8 Å². The van der Waals surface area contributed by atoms with Crippen molar-refractivity contribution in [3.05, 3.63) is 23.7 Å². The maximum Gasteiger partial charge on any atom is 0.257 e. The van der Waals surface area contributed by atoms with Crippen molar-refractivity contribution in [3.8, 4) is 0 Å². The largest absolute Gasteiger partial charge is 0.467 e. The van der Waals surface area contributed by atoms with E-state index in [0.717, 1.165) is 25.9 Å². The van der Waals surface area contributed by atoms with Gasteiger partial charge in [0, 0.05) is 13.1 Å². The molecule has 0 aliphatic carbocycles. The summed E-state index contributed by atoms with van der Waals surface area (Å²) in [6.45, 7) is 5.95. The van der Waals surface area contributed by atoms with Crippen LogP contribution in [0.2, 0.25) is 0 Å². The molecule has 0 saturated heterocycles. The Labute approximate surface area is 109 Å². The number of carbonyl (C=O) groups excluding carboxylic acids is 1. The van der Waals surface area contributed by atoms with Crippen molar-refractivity contribution in [2.45, 2.75) is 33.2 Å². The van der Waals surface area contributed by atoms with E-state index in [0.29, 0.717) is 17.9 Å². The fourth-order valence-corrected chi connectivity index (χ4v) is 1.53. The third kappa shape index (κ3) is 4.40. The molecule has 0 unspecified atom stereocenters. The fourth-order valence-electron chi connectivity index (χ4n) is 1.53. The first kappa shape index (κ1) is 16.0. The summed E-state index contributed by atoms with van der Waals surface area (Å²) in [5, 5.41) is 0. The predicted molar refractivity (Wildman–Crippen MR) is 70.3 cm³/mol. The third-order valence-electron chi connectivity index (χ3n) is 2.55. The highest BCUT2D eigenvalue weighted by Crippen LogP contribution is 2.10. The fraction of sp³-hybridized carbons (Fsp3) is 0.583. The van der Waals surface area contributed by atoms with Gasteiger partial charge in [-0.1, -0.05) is 13.3 Å². The summed E-state index contributed by atoms with van der Waals surface area (Å²) in [6.07, 6.45) is 3.60. The minimum absolute atomic E-state index is 0. The summed E-state index contributed by atoms with van der Waals surface area (Å²) in [4.78, 5) is 13.9. The number of carbonyl (C=O) groups is 1. The Hall–Kier alpha value is -1.00. The van der Waals surface area contributed by atoms with E-state index in [2.05, 4.69) is 6.92 Å². The maximum atomic E-state index is 12.0. The SMILES string of the molecule is CCCCN(CC)C(=O)c1coc(CN)c1.Cl. The van der Waals surface area contributed by atoms with Crippen LogP contribution in [0, 0.1) is 0 Å². The van der Waals surface area contributed by atoms with E-state index in [1.54, 1.807) is 6.07 Å². The minimum atomic E-state index is 0. The number of hydrogen-bond donors (Lipinski definition) is 1. The van der Waals surface area contributed by atoms with Gasteiger partial charge in [-0.2, -0.15) is 0 Å². The lowest BCUT2D eigenvalue weighted by atomic mass is 10.2. The van der Waals surface area contributed by atoms with Gasteiger partial charge in [-0.3, -0.25) is 4.79 Å². The highest BCUT2D eigenvalue weighted by molar-refractivity contribution is 5.94. The zero-order chi connectivity index (χ0) is 12.0. The summed E-state index contributed by atoms with van der Waals surface area (Å²) in [5.74, 6) is 0.675. The zero-order valence-corrected chi connectivity index (χ0v) is 11.3. The number of amides is 1. The average Bonchev–Trinajstić information content (AvgIpc) is 2.78. The van der Waals surface area contributed by atoms with Crippen LogP contribution in [0.5, 0.6) is 0 Å². The first-order valence-electron chi connectivity index (χ1n) is 5.79. The summed E-state index contributed by atoms with van der Waals surface area (Å²) in [7, 11) is 0. The Morgan fingerprint density at radius 2 is 2.18 bits per heavy atom. The lowest BCUT2D eigenvalue weighted by Crippen LogP contribution is -2.31. The molecule has 0 saturated carbocycles. The highest BCUT2D eigenvalue weighted by Gasteiger charge is 2.15. The van der Waals surface area contributed by atoms with Gasteiger partial charge in [0.05, 0.1) is 12.1 Å². The molecule has 0 radical (unpaired) electrons. The second kappa shape index (κ2) is 8.14. The quantitative estimate of drug-likeness (QED) is 0.855. The van der Waals surface area contributed by atoms with Crippen LogP contribution in [0.25, 0.3) is 0 Å². The normalized spacial score (nSPS) is 9.82. The number of hydrogen-bond acceptors (Lipinski definition) is 3. The second-order valence-electron chi connectivity index (χ2n) is 3.74. The number of rotatable bonds is 6. The molecule has 4 nitrogen and oxygen atoms in total. The minimum Gasteiger partial charge on any atom is -0.467 e. The van der Waals surface area contributed by atoms with E-state index < -0.39 is 0 Å². The summed E-state index contributed by atoms with van der Waals surface area (Å²) in [6, 6.07) is 1.72. The first-order chi connectivity index (χ1) is 7.72. The van der Waals surface area contributed by atoms with Crippen molar-refractivity contribution in [2.24, 2.45) is 5.73 Å². The molecule has 1 aromatic heterocycles. The van der Waals surface area contributed by atoms with Gasteiger partial charge in [0.1, 0.15) is 12.0 Å². The molecule has 0 spiro atoms. The standard InChI is InChI=1S/C12H20N2O2.ClH/c1-3-5-6-14(4-2)12(15)10-7-11(8-13)16-9-10;/h7,9H,3-6,8,13H2,1-2H3;1H. The monoisotopic (exact) mass is 260 g/mol. The Morgan fingerprint density at radius 3 is 2.65 bits per heavy atom. The van der Waals surface area contributed by atoms with Crippen molar-refractivity contribution in [3.63, 3.8) is 0 Å². The van der Waals surface area contributed by atoms with Gasteiger partial charge in [0.25, 0.3) is 5.91 Å². The lowest BCUT2D eigenvalue weighted by Gasteiger charge is -2.19. The summed E-state index contributed by atoms with van der Waals surface area (Å²) < 4.78 is 5.16. The highest BCUT2D eigenvalue weighted by atomic mass is 35.5. The Morgan fingerprint density at radius 1 is 1.47 bits per heavy atom. The third-order valence-corrected chi connectivity index (χ3v) is 2.55. The second-order valence-corrected chi connectivity index (χ2v) is 3.74. The van der Waals surface area contributed by atoms with Gasteiger partial charge < -0.3 is 15.1 Å². The predicted octanol–water partition coefficient (Wildman–Crippen LogP) is 2.42. The molecule has 0 aliphatic rings. The molecule has 1 amide bonds. The van der Waals surface area contributed by atoms with E-state index >= 15 is 0 Å². The van der Waals surface area contributed by atoms with Crippen LogP contribution < -0.4 is 5.73 Å². The van der Waals surface area contributed by atoms with Crippen LogP contribution >= 0.6 is 12.4 Å². The number of nitrogens with two attached hydrogens (primary N) is 1. The van der Waals surface area contributed by atoms with Crippen molar-refractivity contribution in [2.75, 3.05) is 13.1 Å². The average molecular weight is 261 g/mol. The molecule has 0 aliphatic heterocycles. The van der Waals surface area contributed by atoms with Crippen molar-refractivity contribution < 1.29 is 9.21 Å². The smallest absolute Gasteiger partial charge is 0.257 e. The van der Waals surface area contributed by atoms with Crippen LogP contribution in [0.1, 0.15) is 42.8 Å². The molecule has 2 N–H and O–H groups in total. The molecule has 0 fully saturated rings. The van der Waals surface area contributed by atoms with E-state index in [1.165, 1.54) is 6.26 Å². The molecular weight excluding hydrogens is 240 g/mol. The van der Waals surface area contributed by atoms with Crippen LogP contribution in [-0.4, -0.2) is 23.9 Å². The Bertz CT molecular complexity index is 339. The molecule has 1 heterocycles. The molecule has 5 heteroatoms. The van der Waals surface area contributed by atoms with Crippen molar-refractivity contribution in [1.82, 2.24) is 4.90 Å². The van der Waals surface area contributed by atoms with Gasteiger partial charge in [0.15, 0.2) is 0 Å². The van der Waals surface area contributed by atoms with Gasteiger partial charge in [-0.25, -0.2) is 0 Å². The van der Waals surface area contributed by atoms with Crippen molar-refractivity contribution in [1.29, 1.82) is 0 Å². The molecule has 0 aromatic carbocycles. The van der Waals surface area contributed by atoms with E-state index in [9.17, 15) is 4.79 Å². The molecule has 0 bridgehead atoms. The number of halogens is 1. The molecule has 17 heavy (non-hydrogen) atoms. The zero-order valence-electron chi connectivity index (χ0n) is 10.4. The van der Waals surface area contributed by atoms with Crippen molar-refractivity contribution >= 4 is 18.3 Å². The Kier molecular flexibility index (Phi) is 7.66. The van der Waals surface area contributed by atoms with E-state index in [-0.39, 0.29) is 18.3 Å².